The Bertz CT molecular complexity index is 923. The third kappa shape index (κ3) is 3.65. The molecule has 144 valence electrons. The molecule has 1 fully saturated rings. The number of carboxylic acids is 1. The van der Waals surface area contributed by atoms with Gasteiger partial charge in [0, 0.05) is 17.0 Å². The van der Waals surface area contributed by atoms with Crippen LogP contribution in [-0.2, 0) is 20.6 Å². The van der Waals surface area contributed by atoms with Crippen molar-refractivity contribution in [1.82, 2.24) is 10.3 Å². The van der Waals surface area contributed by atoms with E-state index < -0.39 is 34.2 Å². The van der Waals surface area contributed by atoms with E-state index in [1.165, 1.54) is 6.20 Å². The third-order valence-electron chi connectivity index (χ3n) is 5.00. The molecule has 1 heterocycles. The lowest BCUT2D eigenvalue weighted by Gasteiger charge is -2.34. The fourth-order valence-electron chi connectivity index (χ4n) is 3.58. The van der Waals surface area contributed by atoms with Crippen LogP contribution in [0.2, 0.25) is 0 Å². The zero-order chi connectivity index (χ0) is 19.6. The molecule has 1 unspecified atom stereocenters. The zero-order valence-electron chi connectivity index (χ0n) is 14.5. The lowest BCUT2D eigenvalue weighted by molar-refractivity contribution is -0.135. The quantitative estimate of drug-likeness (QED) is 0.572. The molecule has 1 aliphatic carbocycles. The highest BCUT2D eigenvalue weighted by Crippen LogP contribution is 2.43. The zero-order valence-corrected chi connectivity index (χ0v) is 15.3. The normalized spacial score (nSPS) is 17.4. The summed E-state index contributed by atoms with van der Waals surface area (Å²) in [5.41, 5.74) is 0.439. The molecule has 1 aromatic carbocycles. The van der Waals surface area contributed by atoms with Crippen LogP contribution in [0.4, 0.5) is 0 Å². The number of nitrogens with one attached hydrogen (secondary N) is 1. The van der Waals surface area contributed by atoms with Gasteiger partial charge < -0.3 is 20.1 Å². The number of aromatic hydroxyl groups is 1. The average molecular weight is 392 g/mol. The Hall–Kier alpha value is -2.52. The summed E-state index contributed by atoms with van der Waals surface area (Å²) in [6.07, 6.45) is 5.38. The highest BCUT2D eigenvalue weighted by Gasteiger charge is 2.40. The van der Waals surface area contributed by atoms with Crippen molar-refractivity contribution in [1.29, 1.82) is 0 Å². The van der Waals surface area contributed by atoms with Crippen LogP contribution >= 0.6 is 0 Å². The van der Waals surface area contributed by atoms with Gasteiger partial charge in [-0.15, -0.1) is 0 Å². The number of benzene rings is 1. The lowest BCUT2D eigenvalue weighted by atomic mass is 9.82. The van der Waals surface area contributed by atoms with Crippen molar-refractivity contribution >= 4 is 33.7 Å². The smallest absolute Gasteiger partial charge is 0.322 e. The van der Waals surface area contributed by atoms with Crippen LogP contribution in [0.25, 0.3) is 10.8 Å². The molecule has 0 radical (unpaired) electrons. The molecular formula is C18H20N2O6S. The molecule has 1 aliphatic rings. The molecule has 1 amide bonds. The highest BCUT2D eigenvalue weighted by atomic mass is 32.2. The molecule has 0 saturated heterocycles. The number of hydrogen-bond donors (Lipinski definition) is 4. The van der Waals surface area contributed by atoms with Crippen LogP contribution in [0, 0.1) is 0 Å². The number of fused-ring (bicyclic) bond motifs is 1. The number of pyridine rings is 1. The minimum Gasteiger partial charge on any atom is -0.505 e. The van der Waals surface area contributed by atoms with Crippen LogP contribution in [0.15, 0.2) is 24.4 Å². The topological polar surface area (TPSA) is 137 Å². The van der Waals surface area contributed by atoms with E-state index in [9.17, 15) is 23.5 Å². The molecule has 0 aliphatic heterocycles. The van der Waals surface area contributed by atoms with Crippen molar-refractivity contribution in [2.24, 2.45) is 0 Å². The van der Waals surface area contributed by atoms with Gasteiger partial charge in [-0.2, -0.15) is 0 Å². The van der Waals surface area contributed by atoms with Crippen LogP contribution in [0.1, 0.15) is 48.2 Å². The van der Waals surface area contributed by atoms with E-state index in [-0.39, 0.29) is 11.4 Å². The van der Waals surface area contributed by atoms with E-state index in [2.05, 4.69) is 10.3 Å². The van der Waals surface area contributed by atoms with Gasteiger partial charge in [0.2, 0.25) is 0 Å². The monoisotopic (exact) mass is 392 g/mol. The molecule has 9 heteroatoms. The summed E-state index contributed by atoms with van der Waals surface area (Å²) in [6.45, 7) is -0.582. The Labute approximate surface area is 157 Å². The standard InChI is InChI=1S/C18H20N2O6S/c21-14(22)10-20-17(24)15-16(23)13-5-4-12(8-11(13)9-19-15)18(27(25)26)6-2-1-3-7-18/h4-5,8-9,23H,1-3,6-7,10H2,(H,20,24)(H,21,22)(H,25,26). The Morgan fingerprint density at radius 2 is 1.93 bits per heavy atom. The van der Waals surface area contributed by atoms with Gasteiger partial charge in [-0.3, -0.25) is 9.59 Å². The van der Waals surface area contributed by atoms with E-state index in [1.54, 1.807) is 18.2 Å². The molecule has 0 spiro atoms. The van der Waals surface area contributed by atoms with Gasteiger partial charge in [-0.25, -0.2) is 9.19 Å². The molecule has 2 aromatic rings. The Balaban J connectivity index is 2.00. The van der Waals surface area contributed by atoms with Crippen molar-refractivity contribution < 1.29 is 28.6 Å². The number of rotatable bonds is 5. The van der Waals surface area contributed by atoms with Crippen molar-refractivity contribution in [2.75, 3.05) is 6.54 Å². The summed E-state index contributed by atoms with van der Waals surface area (Å²) in [7, 11) is 0. The predicted octanol–water partition coefficient (Wildman–Crippen LogP) is 2.14. The van der Waals surface area contributed by atoms with E-state index in [0.29, 0.717) is 29.2 Å². The summed E-state index contributed by atoms with van der Waals surface area (Å²) in [4.78, 5) is 26.5. The maximum Gasteiger partial charge on any atom is 0.322 e. The van der Waals surface area contributed by atoms with Gasteiger partial charge in [-0.1, -0.05) is 31.4 Å². The van der Waals surface area contributed by atoms with Crippen LogP contribution < -0.4 is 5.32 Å². The summed E-state index contributed by atoms with van der Waals surface area (Å²) in [5.74, 6) is -2.35. The molecule has 3 rings (SSSR count). The van der Waals surface area contributed by atoms with Gasteiger partial charge in [0.15, 0.2) is 22.5 Å². The maximum absolute atomic E-state index is 12.1. The highest BCUT2D eigenvalue weighted by molar-refractivity contribution is 7.80. The number of amides is 1. The predicted molar refractivity (Wildman–Crippen MR) is 98.9 cm³/mol. The second kappa shape index (κ2) is 7.61. The van der Waals surface area contributed by atoms with Crippen LogP contribution in [-0.4, -0.2) is 42.4 Å². The molecular weight excluding hydrogens is 372 g/mol. The van der Waals surface area contributed by atoms with Gasteiger partial charge in [0.25, 0.3) is 5.91 Å². The number of aliphatic carboxylic acids is 1. The SMILES string of the molecule is O=C(O)CNC(=O)c1ncc2cc(C3(S(=O)O)CCCCC3)ccc2c1O. The molecule has 8 nitrogen and oxygen atoms in total. The van der Waals surface area contributed by atoms with Gasteiger partial charge in [-0.05, 0) is 24.5 Å². The lowest BCUT2D eigenvalue weighted by Crippen LogP contribution is -2.33. The van der Waals surface area contributed by atoms with Gasteiger partial charge >= 0.3 is 5.97 Å². The van der Waals surface area contributed by atoms with E-state index in [0.717, 1.165) is 19.3 Å². The minimum atomic E-state index is -2.03. The first-order valence-electron chi connectivity index (χ1n) is 8.58. The van der Waals surface area contributed by atoms with E-state index in [1.807, 2.05) is 0 Å². The second-order valence-electron chi connectivity index (χ2n) is 6.64. The molecule has 27 heavy (non-hydrogen) atoms. The van der Waals surface area contributed by atoms with Crippen molar-refractivity contribution in [3.8, 4) is 5.75 Å². The summed E-state index contributed by atoms with van der Waals surface area (Å²) in [6, 6.07) is 5.01. The minimum absolute atomic E-state index is 0.269. The summed E-state index contributed by atoms with van der Waals surface area (Å²) in [5, 5.41) is 22.1. The summed E-state index contributed by atoms with van der Waals surface area (Å²) < 4.78 is 21.2. The number of carbonyl (C=O) groups is 2. The third-order valence-corrected chi connectivity index (χ3v) is 6.31. The number of hydrogen-bond acceptors (Lipinski definition) is 5. The fourth-order valence-corrected chi connectivity index (χ4v) is 4.55. The first-order valence-corrected chi connectivity index (χ1v) is 9.69. The molecule has 1 saturated carbocycles. The van der Waals surface area contributed by atoms with Crippen molar-refractivity contribution in [3.05, 3.63) is 35.7 Å². The largest absolute Gasteiger partial charge is 0.505 e. The number of carbonyl (C=O) groups excluding carboxylic acids is 1. The van der Waals surface area contributed by atoms with Crippen LogP contribution in [0.5, 0.6) is 5.75 Å². The first kappa shape index (κ1) is 19.2. The fraction of sp³-hybridized carbons (Fsp3) is 0.389. The maximum atomic E-state index is 12.1. The molecule has 1 atom stereocenters. The van der Waals surface area contributed by atoms with Crippen molar-refractivity contribution in [2.45, 2.75) is 36.9 Å². The van der Waals surface area contributed by atoms with Crippen molar-refractivity contribution in [3.63, 3.8) is 0 Å². The van der Waals surface area contributed by atoms with Gasteiger partial charge in [0.1, 0.15) is 6.54 Å². The second-order valence-corrected chi connectivity index (χ2v) is 7.92. The van der Waals surface area contributed by atoms with Crippen LogP contribution in [0.3, 0.4) is 0 Å². The van der Waals surface area contributed by atoms with Gasteiger partial charge in [0.05, 0.1) is 4.75 Å². The number of nitrogens with zero attached hydrogens (tertiary/aromatic N) is 1. The molecule has 4 N–H and O–H groups in total. The number of carboxylic acid groups (broad SMARTS) is 1. The van der Waals surface area contributed by atoms with E-state index in [4.69, 9.17) is 5.11 Å². The Morgan fingerprint density at radius 3 is 2.56 bits per heavy atom. The first-order chi connectivity index (χ1) is 12.8. The Kier molecular flexibility index (Phi) is 5.43. The average Bonchev–Trinajstić information content (AvgIpc) is 2.66. The molecule has 0 bridgehead atoms. The van der Waals surface area contributed by atoms with E-state index >= 15 is 0 Å². The number of aromatic nitrogens is 1. The molecule has 1 aromatic heterocycles. The Morgan fingerprint density at radius 1 is 1.22 bits per heavy atom. The summed E-state index contributed by atoms with van der Waals surface area (Å²) >= 11 is -2.03.